The first-order chi connectivity index (χ1) is 19.3. The maximum atomic E-state index is 11.8. The van der Waals surface area contributed by atoms with Gasteiger partial charge in [0, 0.05) is 18.4 Å². The van der Waals surface area contributed by atoms with Gasteiger partial charge in [0.05, 0.1) is 30.8 Å². The van der Waals surface area contributed by atoms with Crippen molar-refractivity contribution in [2.45, 2.75) is 36.7 Å². The van der Waals surface area contributed by atoms with Gasteiger partial charge in [-0.3, -0.25) is 4.79 Å². The topological polar surface area (TPSA) is 141 Å². The van der Waals surface area contributed by atoms with Crippen LogP contribution in [0.5, 0.6) is 17.2 Å². The number of ether oxygens (including phenoxy) is 4. The van der Waals surface area contributed by atoms with Crippen molar-refractivity contribution in [3.05, 3.63) is 82.9 Å². The Bertz CT molecular complexity index is 1410. The molecule has 4 rings (SSSR count). The molecule has 1 heterocycles. The van der Waals surface area contributed by atoms with Crippen molar-refractivity contribution in [2.24, 2.45) is 0 Å². The number of aliphatic hydroxyl groups excluding tert-OH is 2. The number of nitrogens with one attached hydrogen (secondary N) is 1. The van der Waals surface area contributed by atoms with Crippen LogP contribution in [-0.4, -0.2) is 63.8 Å². The number of fused-ring (bicyclic) bond motifs is 1. The number of carbonyl (C=O) groups is 1. The maximum Gasteiger partial charge on any atom is 0.298 e. The molecule has 1 aliphatic rings. The van der Waals surface area contributed by atoms with Crippen molar-refractivity contribution < 1.29 is 42.4 Å². The molecular weight excluding hydrogens is 538 g/mol. The summed E-state index contributed by atoms with van der Waals surface area (Å²) in [6.07, 6.45) is 0.759. The Morgan fingerprint density at radius 3 is 2.73 bits per heavy atom. The van der Waals surface area contributed by atoms with Crippen LogP contribution < -0.4 is 19.5 Å². The molecule has 0 fully saturated rings. The third kappa shape index (κ3) is 8.03. The highest BCUT2D eigenvalue weighted by Gasteiger charge is 2.22. The number of rotatable bonds is 14. The summed E-state index contributed by atoms with van der Waals surface area (Å²) in [5.74, 6) is 1.55. The van der Waals surface area contributed by atoms with E-state index >= 15 is 0 Å². The fourth-order valence-electron chi connectivity index (χ4n) is 4.26. The zero-order chi connectivity index (χ0) is 28.5. The molecule has 2 atom stereocenters. The third-order valence-electron chi connectivity index (χ3n) is 6.37. The van der Waals surface area contributed by atoms with Crippen LogP contribution in [0.2, 0.25) is 0 Å². The van der Waals surface area contributed by atoms with Crippen LogP contribution in [0.4, 0.5) is 0 Å². The van der Waals surface area contributed by atoms with Gasteiger partial charge < -0.3 is 34.5 Å². The maximum absolute atomic E-state index is 11.8. The minimum Gasteiger partial charge on any atom is -0.486 e. The molecule has 0 bridgehead atoms. The Labute approximate surface area is 233 Å². The van der Waals surface area contributed by atoms with Crippen LogP contribution in [0.25, 0.3) is 0 Å². The number of hydrogen-bond donors (Lipinski definition) is 3. The lowest BCUT2D eigenvalue weighted by Crippen LogP contribution is -2.33. The van der Waals surface area contributed by atoms with Crippen LogP contribution in [0.3, 0.4) is 0 Å². The highest BCUT2D eigenvalue weighted by atomic mass is 32.2. The minimum absolute atomic E-state index is 0.256. The summed E-state index contributed by atoms with van der Waals surface area (Å²) in [6.45, 7) is 1.77. The largest absolute Gasteiger partial charge is 0.486 e. The Morgan fingerprint density at radius 2 is 1.95 bits per heavy atom. The molecule has 3 N–H and O–H groups in total. The lowest BCUT2D eigenvalue weighted by Gasteiger charge is -2.27. The molecule has 10 nitrogen and oxygen atoms in total. The summed E-state index contributed by atoms with van der Waals surface area (Å²) in [4.78, 5) is 10.8. The predicted octanol–water partition coefficient (Wildman–Crippen LogP) is 2.34. The van der Waals surface area contributed by atoms with Gasteiger partial charge >= 0.3 is 0 Å². The van der Waals surface area contributed by atoms with Gasteiger partial charge in [-0.1, -0.05) is 24.3 Å². The number of hydrogen-bond acceptors (Lipinski definition) is 10. The molecule has 1 aliphatic heterocycles. The Balaban J connectivity index is 1.23. The summed E-state index contributed by atoms with van der Waals surface area (Å²) >= 11 is 0. The van der Waals surface area contributed by atoms with Gasteiger partial charge in [-0.05, 0) is 66.1 Å². The van der Waals surface area contributed by atoms with Gasteiger partial charge in [0.1, 0.15) is 12.4 Å². The number of carbonyl (C=O) groups excluding carboxylic acids is 1. The zero-order valence-electron chi connectivity index (χ0n) is 22.1. The molecule has 0 radical (unpaired) electrons. The van der Waals surface area contributed by atoms with Gasteiger partial charge in [0.2, 0.25) is 0 Å². The van der Waals surface area contributed by atoms with E-state index in [-0.39, 0.29) is 36.6 Å². The van der Waals surface area contributed by atoms with Crippen molar-refractivity contribution in [2.75, 3.05) is 32.6 Å². The van der Waals surface area contributed by atoms with Crippen molar-refractivity contribution in [3.8, 4) is 17.2 Å². The Morgan fingerprint density at radius 1 is 1.10 bits per heavy atom. The third-order valence-corrected chi connectivity index (χ3v) is 7.48. The molecule has 0 unspecified atom stereocenters. The summed E-state index contributed by atoms with van der Waals surface area (Å²) < 4.78 is 46.0. The molecular formula is C29H33NO9S. The van der Waals surface area contributed by atoms with Crippen LogP contribution in [0, 0.1) is 0 Å². The molecule has 214 valence electrons. The second-order valence-electron chi connectivity index (χ2n) is 9.48. The molecule has 40 heavy (non-hydrogen) atoms. The van der Waals surface area contributed by atoms with Crippen molar-refractivity contribution in [1.29, 1.82) is 0 Å². The minimum atomic E-state index is -3.28. The summed E-state index contributed by atoms with van der Waals surface area (Å²) in [6, 6.07) is 17.2. The van der Waals surface area contributed by atoms with E-state index in [0.717, 1.165) is 11.1 Å². The van der Waals surface area contributed by atoms with E-state index in [2.05, 4.69) is 5.32 Å². The number of sulfone groups is 1. The van der Waals surface area contributed by atoms with E-state index in [0.29, 0.717) is 55.2 Å². The van der Waals surface area contributed by atoms with Crippen LogP contribution in [0.1, 0.15) is 28.4 Å². The van der Waals surface area contributed by atoms with E-state index in [1.54, 1.807) is 36.4 Å². The molecule has 3 aromatic carbocycles. The van der Waals surface area contributed by atoms with E-state index in [9.17, 15) is 23.4 Å². The second-order valence-corrected chi connectivity index (χ2v) is 11.5. The van der Waals surface area contributed by atoms with Gasteiger partial charge in [0.25, 0.3) is 6.47 Å². The average molecular weight is 572 g/mol. The lowest BCUT2D eigenvalue weighted by atomic mass is 10.0. The predicted molar refractivity (Wildman–Crippen MR) is 146 cm³/mol. The van der Waals surface area contributed by atoms with Gasteiger partial charge in [-0.2, -0.15) is 0 Å². The first-order valence-corrected chi connectivity index (χ1v) is 14.7. The summed E-state index contributed by atoms with van der Waals surface area (Å²) in [5.41, 5.74) is 2.81. The monoisotopic (exact) mass is 571 g/mol. The molecule has 0 amide bonds. The molecule has 0 aliphatic carbocycles. The quantitative estimate of drug-likeness (QED) is 0.195. The molecule has 0 aromatic heterocycles. The lowest BCUT2D eigenvalue weighted by molar-refractivity contribution is -0.120. The fourth-order valence-corrected chi connectivity index (χ4v) is 4.95. The number of aliphatic hydroxyl groups is 2. The summed E-state index contributed by atoms with van der Waals surface area (Å²) in [5, 5.41) is 23.2. The Kier molecular flexibility index (Phi) is 10.1. The molecule has 0 spiro atoms. The van der Waals surface area contributed by atoms with Gasteiger partial charge in [-0.15, -0.1) is 0 Å². The van der Waals surface area contributed by atoms with Gasteiger partial charge in [0.15, 0.2) is 27.4 Å². The average Bonchev–Trinajstić information content (AvgIpc) is 2.95. The van der Waals surface area contributed by atoms with E-state index < -0.39 is 15.9 Å². The molecule has 3 aromatic rings. The SMILES string of the molecule is CS(=O)(=O)c1cccc(COC[C@@H]2COc3ccc(CCNC[C@H](O)c4ccc(OC=O)c(CO)c4)cc3O2)c1. The Hall–Kier alpha value is -3.48. The molecule has 0 saturated carbocycles. The van der Waals surface area contributed by atoms with E-state index in [1.807, 2.05) is 24.3 Å². The molecule has 0 saturated heterocycles. The van der Waals surface area contributed by atoms with Crippen molar-refractivity contribution in [3.63, 3.8) is 0 Å². The van der Waals surface area contributed by atoms with Crippen LogP contribution in [-0.2, 0) is 39.0 Å². The smallest absolute Gasteiger partial charge is 0.298 e. The van der Waals surface area contributed by atoms with Crippen LogP contribution in [0.15, 0.2) is 65.6 Å². The highest BCUT2D eigenvalue weighted by molar-refractivity contribution is 7.90. The number of benzene rings is 3. The standard InChI is InChI=1S/C29H33NO9S/c1-40(34,35)25-4-2-3-21(11-25)16-36-17-24-18-37-28-7-5-20(12-29(28)39-24)9-10-30-14-26(33)22-6-8-27(38-19-32)23(13-22)15-31/h2-8,11-13,19,24,26,30-31,33H,9-10,14-18H2,1H3/t24-,26+/m1/s1. The van der Waals surface area contributed by atoms with Crippen molar-refractivity contribution in [1.82, 2.24) is 5.32 Å². The fraction of sp³-hybridized carbons (Fsp3) is 0.345. The van der Waals surface area contributed by atoms with Gasteiger partial charge in [-0.25, -0.2) is 8.42 Å². The first kappa shape index (κ1) is 29.5. The van der Waals surface area contributed by atoms with Crippen molar-refractivity contribution >= 4 is 16.3 Å². The van der Waals surface area contributed by atoms with Crippen LogP contribution >= 0.6 is 0 Å². The van der Waals surface area contributed by atoms with E-state index in [4.69, 9.17) is 18.9 Å². The summed E-state index contributed by atoms with van der Waals surface area (Å²) in [7, 11) is -3.28. The molecule has 11 heteroatoms. The zero-order valence-corrected chi connectivity index (χ0v) is 22.9. The second kappa shape index (κ2) is 13.7. The normalized spacial score (nSPS) is 15.4. The first-order valence-electron chi connectivity index (χ1n) is 12.8. The highest BCUT2D eigenvalue weighted by Crippen LogP contribution is 2.33. The van der Waals surface area contributed by atoms with E-state index in [1.165, 1.54) is 6.26 Å².